The number of benzene rings is 1. The van der Waals surface area contributed by atoms with Crippen molar-refractivity contribution in [2.75, 3.05) is 7.05 Å². The molecule has 3 unspecified atom stereocenters. The van der Waals surface area contributed by atoms with Crippen LogP contribution in [-0.4, -0.2) is 23.2 Å². The van der Waals surface area contributed by atoms with Gasteiger partial charge in [0, 0.05) is 29.9 Å². The van der Waals surface area contributed by atoms with Crippen molar-refractivity contribution in [3.05, 3.63) is 47.1 Å². The van der Waals surface area contributed by atoms with Gasteiger partial charge in [-0.25, -0.2) is 8.78 Å². The van der Waals surface area contributed by atoms with E-state index >= 15 is 0 Å². The highest BCUT2D eigenvalue weighted by molar-refractivity contribution is 5.33. The van der Waals surface area contributed by atoms with Gasteiger partial charge in [0.1, 0.15) is 11.6 Å². The van der Waals surface area contributed by atoms with Crippen LogP contribution >= 0.6 is 0 Å². The lowest BCUT2D eigenvalue weighted by Crippen LogP contribution is -2.24. The maximum absolute atomic E-state index is 13.7. The molecule has 0 aliphatic heterocycles. The molecule has 1 aliphatic carbocycles. The number of hydrogen-bond acceptors (Lipinski definition) is 4. The smallest absolute Gasteiger partial charge is 0.230 e. The molecule has 1 fully saturated rings. The Labute approximate surface area is 121 Å². The summed E-state index contributed by atoms with van der Waals surface area (Å²) in [6, 6.07) is 4.17. The lowest BCUT2D eigenvalue weighted by Gasteiger charge is -2.04. The SMILES string of the molecule is CNC(C)Cc1noc(C2CC2c2c(F)cccc2F)n1. The van der Waals surface area contributed by atoms with E-state index in [2.05, 4.69) is 15.5 Å². The van der Waals surface area contributed by atoms with Gasteiger partial charge in [-0.1, -0.05) is 11.2 Å². The van der Waals surface area contributed by atoms with E-state index in [-0.39, 0.29) is 23.4 Å². The molecular formula is C15H17F2N3O. The summed E-state index contributed by atoms with van der Waals surface area (Å²) in [6.45, 7) is 2.02. The predicted molar refractivity (Wildman–Crippen MR) is 73.0 cm³/mol. The topological polar surface area (TPSA) is 51.0 Å². The number of rotatable bonds is 5. The first-order valence-electron chi connectivity index (χ1n) is 7.03. The summed E-state index contributed by atoms with van der Waals surface area (Å²) in [5, 5.41) is 7.02. The monoisotopic (exact) mass is 293 g/mol. The van der Waals surface area contributed by atoms with Crippen LogP contribution in [0.5, 0.6) is 0 Å². The average Bonchev–Trinajstić information content (AvgIpc) is 3.09. The van der Waals surface area contributed by atoms with E-state index in [1.807, 2.05) is 14.0 Å². The second kappa shape index (κ2) is 5.52. The molecule has 21 heavy (non-hydrogen) atoms. The van der Waals surface area contributed by atoms with Crippen molar-refractivity contribution in [2.45, 2.75) is 37.6 Å². The normalized spacial score (nSPS) is 22.3. The van der Waals surface area contributed by atoms with Gasteiger partial charge in [-0.05, 0) is 32.5 Å². The van der Waals surface area contributed by atoms with E-state index in [0.717, 1.165) is 0 Å². The predicted octanol–water partition coefficient (Wildman–Crippen LogP) is 2.77. The van der Waals surface area contributed by atoms with Crippen LogP contribution in [-0.2, 0) is 6.42 Å². The Balaban J connectivity index is 1.73. The minimum atomic E-state index is -0.508. The molecule has 1 aliphatic rings. The van der Waals surface area contributed by atoms with Gasteiger partial charge in [-0.2, -0.15) is 4.98 Å². The van der Waals surface area contributed by atoms with Gasteiger partial charge in [0.15, 0.2) is 5.82 Å². The summed E-state index contributed by atoms with van der Waals surface area (Å²) in [7, 11) is 1.86. The molecule has 1 saturated carbocycles. The molecule has 3 rings (SSSR count). The molecule has 6 heteroatoms. The zero-order valence-electron chi connectivity index (χ0n) is 11.9. The first-order chi connectivity index (χ1) is 10.1. The fourth-order valence-corrected chi connectivity index (χ4v) is 2.53. The number of nitrogens with zero attached hydrogens (tertiary/aromatic N) is 2. The summed E-state index contributed by atoms with van der Waals surface area (Å²) in [5.74, 6) is -0.215. The Morgan fingerprint density at radius 1 is 1.33 bits per heavy atom. The molecule has 2 aromatic rings. The third kappa shape index (κ3) is 2.81. The van der Waals surface area contributed by atoms with Gasteiger partial charge in [0.25, 0.3) is 0 Å². The lowest BCUT2D eigenvalue weighted by atomic mass is 10.1. The molecule has 0 saturated heterocycles. The van der Waals surface area contributed by atoms with Gasteiger partial charge in [-0.15, -0.1) is 0 Å². The molecule has 0 spiro atoms. The molecule has 0 amide bonds. The summed E-state index contributed by atoms with van der Waals surface area (Å²) < 4.78 is 32.7. The molecule has 1 aromatic carbocycles. The molecule has 4 nitrogen and oxygen atoms in total. The fourth-order valence-electron chi connectivity index (χ4n) is 2.53. The number of likely N-dealkylation sites (N-methyl/N-ethyl adjacent to an activating group) is 1. The zero-order chi connectivity index (χ0) is 15.0. The minimum Gasteiger partial charge on any atom is -0.339 e. The summed E-state index contributed by atoms with van der Waals surface area (Å²) in [4.78, 5) is 4.33. The van der Waals surface area contributed by atoms with Crippen molar-refractivity contribution >= 4 is 0 Å². The molecule has 0 radical (unpaired) electrons. The summed E-state index contributed by atoms with van der Waals surface area (Å²) in [5.41, 5.74) is 0.130. The quantitative estimate of drug-likeness (QED) is 0.921. The molecule has 1 aromatic heterocycles. The van der Waals surface area contributed by atoms with Crippen LogP contribution in [0.25, 0.3) is 0 Å². The number of hydrogen-bond donors (Lipinski definition) is 1. The number of nitrogens with one attached hydrogen (secondary N) is 1. The van der Waals surface area contributed by atoms with Gasteiger partial charge >= 0.3 is 0 Å². The van der Waals surface area contributed by atoms with E-state index in [0.29, 0.717) is 24.6 Å². The highest BCUT2D eigenvalue weighted by Gasteiger charge is 2.46. The second-order valence-corrected chi connectivity index (χ2v) is 5.53. The van der Waals surface area contributed by atoms with E-state index in [9.17, 15) is 8.78 Å². The van der Waals surface area contributed by atoms with Crippen LogP contribution in [0.2, 0.25) is 0 Å². The Hall–Kier alpha value is -1.82. The zero-order valence-corrected chi connectivity index (χ0v) is 11.9. The third-order valence-electron chi connectivity index (χ3n) is 3.94. The Kier molecular flexibility index (Phi) is 3.71. The highest BCUT2D eigenvalue weighted by atomic mass is 19.1. The van der Waals surface area contributed by atoms with Gasteiger partial charge < -0.3 is 9.84 Å². The van der Waals surface area contributed by atoms with Gasteiger partial charge in [-0.3, -0.25) is 0 Å². The molecule has 3 atom stereocenters. The summed E-state index contributed by atoms with van der Waals surface area (Å²) in [6.07, 6.45) is 1.30. The maximum atomic E-state index is 13.7. The van der Waals surface area contributed by atoms with Crippen molar-refractivity contribution in [3.63, 3.8) is 0 Å². The van der Waals surface area contributed by atoms with Crippen LogP contribution in [0.3, 0.4) is 0 Å². The molecule has 0 bridgehead atoms. The van der Waals surface area contributed by atoms with E-state index in [4.69, 9.17) is 4.52 Å². The third-order valence-corrected chi connectivity index (χ3v) is 3.94. The Bertz CT molecular complexity index is 623. The van der Waals surface area contributed by atoms with Crippen LogP contribution in [0.1, 0.15) is 42.5 Å². The largest absolute Gasteiger partial charge is 0.339 e. The van der Waals surface area contributed by atoms with Crippen LogP contribution in [0.15, 0.2) is 22.7 Å². The minimum absolute atomic E-state index is 0.0810. The van der Waals surface area contributed by atoms with E-state index < -0.39 is 11.6 Å². The molecule has 1 heterocycles. The van der Waals surface area contributed by atoms with Crippen molar-refractivity contribution in [1.82, 2.24) is 15.5 Å². The summed E-state index contributed by atoms with van der Waals surface area (Å²) >= 11 is 0. The van der Waals surface area contributed by atoms with E-state index in [1.165, 1.54) is 18.2 Å². The van der Waals surface area contributed by atoms with Gasteiger partial charge in [0.05, 0.1) is 0 Å². The molecule has 1 N–H and O–H groups in total. The van der Waals surface area contributed by atoms with Crippen molar-refractivity contribution in [3.8, 4) is 0 Å². The molecular weight excluding hydrogens is 276 g/mol. The first kappa shape index (κ1) is 14.1. The molecule has 112 valence electrons. The van der Waals surface area contributed by atoms with Crippen LogP contribution < -0.4 is 5.32 Å². The lowest BCUT2D eigenvalue weighted by molar-refractivity contribution is 0.370. The second-order valence-electron chi connectivity index (χ2n) is 5.53. The Morgan fingerprint density at radius 3 is 2.71 bits per heavy atom. The highest BCUT2D eigenvalue weighted by Crippen LogP contribution is 2.55. The Morgan fingerprint density at radius 2 is 2.05 bits per heavy atom. The van der Waals surface area contributed by atoms with Crippen molar-refractivity contribution in [1.29, 1.82) is 0 Å². The first-order valence-corrected chi connectivity index (χ1v) is 7.03. The standard InChI is InChI=1S/C15H17F2N3O/c1-8(18-2)6-13-19-15(21-20-13)10-7-9(10)14-11(16)4-3-5-12(14)17/h3-5,8-10,18H,6-7H2,1-2H3. The van der Waals surface area contributed by atoms with Crippen LogP contribution in [0.4, 0.5) is 8.78 Å². The van der Waals surface area contributed by atoms with Crippen molar-refractivity contribution in [2.24, 2.45) is 0 Å². The number of halogens is 2. The maximum Gasteiger partial charge on any atom is 0.230 e. The van der Waals surface area contributed by atoms with Crippen LogP contribution in [0, 0.1) is 11.6 Å². The van der Waals surface area contributed by atoms with E-state index in [1.54, 1.807) is 0 Å². The fraction of sp³-hybridized carbons (Fsp3) is 0.467. The van der Waals surface area contributed by atoms with Crippen molar-refractivity contribution < 1.29 is 13.3 Å². The number of aromatic nitrogens is 2. The average molecular weight is 293 g/mol. The van der Waals surface area contributed by atoms with Gasteiger partial charge in [0.2, 0.25) is 5.89 Å².